The Labute approximate surface area is 144 Å². The second-order valence-corrected chi connectivity index (χ2v) is 7.86. The van der Waals surface area contributed by atoms with E-state index in [0.29, 0.717) is 12.8 Å². The highest BCUT2D eigenvalue weighted by Crippen LogP contribution is 2.11. The van der Waals surface area contributed by atoms with Crippen molar-refractivity contribution in [3.8, 4) is 0 Å². The molecule has 0 rings (SSSR count). The van der Waals surface area contributed by atoms with Gasteiger partial charge in [-0.15, -0.1) is 0 Å². The van der Waals surface area contributed by atoms with Gasteiger partial charge >= 0.3 is 12.1 Å². The van der Waals surface area contributed by atoms with Crippen LogP contribution in [0, 0.1) is 11.8 Å². The van der Waals surface area contributed by atoms with E-state index in [-0.39, 0.29) is 11.8 Å². The number of carbonyl (C=O) groups is 3. The minimum atomic E-state index is -1.09. The van der Waals surface area contributed by atoms with Gasteiger partial charge in [0.25, 0.3) is 0 Å². The Bertz CT molecular complexity index is 441. The molecule has 0 radical (unpaired) electrons. The highest BCUT2D eigenvalue weighted by molar-refractivity contribution is 5.89. The van der Waals surface area contributed by atoms with Crippen molar-refractivity contribution in [3.05, 3.63) is 0 Å². The van der Waals surface area contributed by atoms with Gasteiger partial charge in [-0.1, -0.05) is 27.7 Å². The summed E-state index contributed by atoms with van der Waals surface area (Å²) in [5, 5.41) is 14.3. The molecule has 0 fully saturated rings. The van der Waals surface area contributed by atoms with Gasteiger partial charge in [-0.2, -0.15) is 0 Å². The Morgan fingerprint density at radius 3 is 1.75 bits per heavy atom. The molecule has 0 heterocycles. The van der Waals surface area contributed by atoms with Gasteiger partial charge in [0.05, 0.1) is 0 Å². The molecule has 2 amide bonds. The van der Waals surface area contributed by atoms with Gasteiger partial charge in [-0.3, -0.25) is 4.79 Å². The molecule has 0 spiro atoms. The van der Waals surface area contributed by atoms with Crippen LogP contribution in [0.25, 0.3) is 0 Å². The first-order chi connectivity index (χ1) is 10.8. The fraction of sp³-hybridized carbons (Fsp3) is 0.824. The summed E-state index contributed by atoms with van der Waals surface area (Å²) in [6, 6.07) is -1.82. The number of ether oxygens (including phenoxy) is 1. The molecule has 7 heteroatoms. The molecule has 0 aliphatic rings. The minimum Gasteiger partial charge on any atom is -0.480 e. The predicted octanol–water partition coefficient (Wildman–Crippen LogP) is 2.54. The molecule has 0 saturated heterocycles. The first kappa shape index (κ1) is 22.2. The highest BCUT2D eigenvalue weighted by Gasteiger charge is 2.29. The molecular formula is C17H32N2O5. The lowest BCUT2D eigenvalue weighted by Gasteiger charge is -2.25. The fourth-order valence-corrected chi connectivity index (χ4v) is 2.12. The first-order valence-electron chi connectivity index (χ1n) is 8.34. The number of hydrogen-bond donors (Lipinski definition) is 3. The molecule has 0 aliphatic carbocycles. The molecule has 0 bridgehead atoms. The lowest BCUT2D eigenvalue weighted by Crippen LogP contribution is -2.53. The zero-order valence-corrected chi connectivity index (χ0v) is 15.8. The number of amides is 2. The smallest absolute Gasteiger partial charge is 0.408 e. The number of carboxylic acid groups (broad SMARTS) is 1. The number of carbonyl (C=O) groups excluding carboxylic acids is 2. The van der Waals surface area contributed by atoms with Crippen LogP contribution in [-0.4, -0.2) is 40.8 Å². The van der Waals surface area contributed by atoms with Gasteiger partial charge in [0.2, 0.25) is 5.91 Å². The van der Waals surface area contributed by atoms with Crippen molar-refractivity contribution in [1.82, 2.24) is 10.6 Å². The number of hydrogen-bond acceptors (Lipinski definition) is 4. The Morgan fingerprint density at radius 1 is 0.917 bits per heavy atom. The Morgan fingerprint density at radius 2 is 1.38 bits per heavy atom. The Kier molecular flexibility index (Phi) is 8.78. The molecule has 0 aromatic rings. The van der Waals surface area contributed by atoms with Gasteiger partial charge in [-0.05, 0) is 45.4 Å². The van der Waals surface area contributed by atoms with Crippen molar-refractivity contribution in [2.75, 3.05) is 0 Å². The summed E-state index contributed by atoms with van der Waals surface area (Å²) in [6.07, 6.45) is 0.0140. The number of rotatable bonds is 8. The Hall–Kier alpha value is -1.79. The molecule has 0 unspecified atom stereocenters. The second kappa shape index (κ2) is 9.49. The zero-order valence-electron chi connectivity index (χ0n) is 15.8. The van der Waals surface area contributed by atoms with Crippen LogP contribution in [0.1, 0.15) is 61.3 Å². The Balaban J connectivity index is 4.98. The van der Waals surface area contributed by atoms with E-state index >= 15 is 0 Å². The summed E-state index contributed by atoms with van der Waals surface area (Å²) in [5.41, 5.74) is -0.676. The average Bonchev–Trinajstić information content (AvgIpc) is 2.33. The molecule has 0 saturated carbocycles. The van der Waals surface area contributed by atoms with E-state index in [4.69, 9.17) is 4.74 Å². The van der Waals surface area contributed by atoms with Crippen LogP contribution in [0.5, 0.6) is 0 Å². The van der Waals surface area contributed by atoms with E-state index in [1.807, 2.05) is 27.7 Å². The van der Waals surface area contributed by atoms with Gasteiger partial charge in [0, 0.05) is 0 Å². The highest BCUT2D eigenvalue weighted by atomic mass is 16.6. The molecule has 0 aromatic carbocycles. The largest absolute Gasteiger partial charge is 0.480 e. The average molecular weight is 344 g/mol. The maximum atomic E-state index is 12.4. The van der Waals surface area contributed by atoms with E-state index in [0.717, 1.165) is 0 Å². The molecule has 7 nitrogen and oxygen atoms in total. The van der Waals surface area contributed by atoms with E-state index in [1.54, 1.807) is 20.8 Å². The normalized spacial score (nSPS) is 14.2. The lowest BCUT2D eigenvalue weighted by atomic mass is 10.0. The molecule has 3 N–H and O–H groups in total. The van der Waals surface area contributed by atoms with Crippen molar-refractivity contribution >= 4 is 18.0 Å². The maximum Gasteiger partial charge on any atom is 0.408 e. The van der Waals surface area contributed by atoms with Crippen molar-refractivity contribution in [2.24, 2.45) is 11.8 Å². The van der Waals surface area contributed by atoms with E-state index in [2.05, 4.69) is 10.6 Å². The van der Waals surface area contributed by atoms with Crippen molar-refractivity contribution in [3.63, 3.8) is 0 Å². The van der Waals surface area contributed by atoms with E-state index in [9.17, 15) is 19.5 Å². The standard InChI is InChI=1S/C17H32N2O5/c1-10(2)8-12(19-16(23)24-17(5,6)7)14(20)18-13(15(21)22)9-11(3)4/h10-13H,8-9H2,1-7H3,(H,18,20)(H,19,23)(H,21,22)/t12-,13-/m1/s1. The summed E-state index contributed by atoms with van der Waals surface area (Å²) >= 11 is 0. The molecule has 0 aliphatic heterocycles. The molecule has 0 aromatic heterocycles. The zero-order chi connectivity index (χ0) is 19.1. The molecule has 2 atom stereocenters. The van der Waals surface area contributed by atoms with Gasteiger partial charge in [0.15, 0.2) is 0 Å². The van der Waals surface area contributed by atoms with Crippen molar-refractivity contribution in [2.45, 2.75) is 79.0 Å². The molecule has 24 heavy (non-hydrogen) atoms. The molecule has 140 valence electrons. The van der Waals surface area contributed by atoms with Crippen LogP contribution < -0.4 is 10.6 Å². The second-order valence-electron chi connectivity index (χ2n) is 7.86. The first-order valence-corrected chi connectivity index (χ1v) is 8.34. The summed E-state index contributed by atoms with van der Waals surface area (Å²) in [4.78, 5) is 35.7. The van der Waals surface area contributed by atoms with Crippen LogP contribution in [0.2, 0.25) is 0 Å². The van der Waals surface area contributed by atoms with Crippen LogP contribution >= 0.6 is 0 Å². The number of aliphatic carboxylic acids is 1. The topological polar surface area (TPSA) is 105 Å². The van der Waals surface area contributed by atoms with Crippen LogP contribution in [0.3, 0.4) is 0 Å². The number of nitrogens with one attached hydrogen (secondary N) is 2. The summed E-state index contributed by atoms with van der Waals surface area (Å²) in [6.45, 7) is 12.8. The predicted molar refractivity (Wildman–Crippen MR) is 91.6 cm³/mol. The summed E-state index contributed by atoms with van der Waals surface area (Å²) < 4.78 is 5.17. The molecular weight excluding hydrogens is 312 g/mol. The fourth-order valence-electron chi connectivity index (χ4n) is 2.12. The van der Waals surface area contributed by atoms with Crippen LogP contribution in [0.15, 0.2) is 0 Å². The number of carboxylic acids is 1. The number of alkyl carbamates (subject to hydrolysis) is 1. The van der Waals surface area contributed by atoms with Crippen molar-refractivity contribution in [1.29, 1.82) is 0 Å². The van der Waals surface area contributed by atoms with E-state index in [1.165, 1.54) is 0 Å². The summed E-state index contributed by atoms with van der Waals surface area (Å²) in [5.74, 6) is -1.34. The van der Waals surface area contributed by atoms with Crippen LogP contribution in [0.4, 0.5) is 4.79 Å². The van der Waals surface area contributed by atoms with Crippen molar-refractivity contribution < 1.29 is 24.2 Å². The van der Waals surface area contributed by atoms with Crippen LogP contribution in [-0.2, 0) is 14.3 Å². The SMILES string of the molecule is CC(C)C[C@@H](NC(=O)[C@@H](CC(C)C)NC(=O)OC(C)(C)C)C(=O)O. The quantitative estimate of drug-likeness (QED) is 0.627. The van der Waals surface area contributed by atoms with E-state index < -0.39 is 35.7 Å². The minimum absolute atomic E-state index is 0.119. The van der Waals surface area contributed by atoms with Gasteiger partial charge in [0.1, 0.15) is 17.7 Å². The van der Waals surface area contributed by atoms with Gasteiger partial charge < -0.3 is 20.5 Å². The monoisotopic (exact) mass is 344 g/mol. The lowest BCUT2D eigenvalue weighted by molar-refractivity contribution is -0.142. The van der Waals surface area contributed by atoms with Gasteiger partial charge in [-0.25, -0.2) is 9.59 Å². The maximum absolute atomic E-state index is 12.4. The summed E-state index contributed by atoms with van der Waals surface area (Å²) in [7, 11) is 0. The third-order valence-electron chi connectivity index (χ3n) is 3.04. The third-order valence-corrected chi connectivity index (χ3v) is 3.04. The third kappa shape index (κ3) is 10.1.